The second-order valence-electron chi connectivity index (χ2n) is 6.87. The molecule has 0 saturated heterocycles. The minimum Gasteiger partial charge on any atom is -0.481 e. The Morgan fingerprint density at radius 1 is 1.41 bits per heavy atom. The second kappa shape index (κ2) is 6.57. The summed E-state index contributed by atoms with van der Waals surface area (Å²) in [4.78, 5) is 26.2. The minimum atomic E-state index is -0.959. The van der Waals surface area contributed by atoms with Crippen LogP contribution in [0.5, 0.6) is 0 Å². The molecule has 27 heavy (non-hydrogen) atoms. The molecule has 4 rings (SSSR count). The van der Waals surface area contributed by atoms with E-state index in [4.69, 9.17) is 5.11 Å². The van der Waals surface area contributed by atoms with Gasteiger partial charge in [0.25, 0.3) is 0 Å². The number of hydrogen-bond acceptors (Lipinski definition) is 5. The quantitative estimate of drug-likeness (QED) is 0.613. The molecule has 9 heteroatoms. The molecule has 1 fully saturated rings. The van der Waals surface area contributed by atoms with Gasteiger partial charge in [0.2, 0.25) is 0 Å². The molecule has 0 aromatic carbocycles. The maximum atomic E-state index is 14.3. The highest BCUT2D eigenvalue weighted by Gasteiger charge is 2.40. The SMILES string of the molecule is CC1CC1[C@@H](CC(=O)O)Nc1nc(-c2c[nH]c3ncc(F)cc23)ncc1F. The summed E-state index contributed by atoms with van der Waals surface area (Å²) in [5, 5.41) is 12.5. The van der Waals surface area contributed by atoms with E-state index in [-0.39, 0.29) is 24.0 Å². The Labute approximate surface area is 152 Å². The van der Waals surface area contributed by atoms with E-state index in [1.165, 1.54) is 6.07 Å². The van der Waals surface area contributed by atoms with E-state index in [0.29, 0.717) is 22.5 Å². The molecule has 3 aromatic heterocycles. The molecule has 0 bridgehead atoms. The summed E-state index contributed by atoms with van der Waals surface area (Å²) in [6.07, 6.45) is 4.44. The third kappa shape index (κ3) is 3.44. The topological polar surface area (TPSA) is 104 Å². The Balaban J connectivity index is 1.68. The molecule has 7 nitrogen and oxygen atoms in total. The minimum absolute atomic E-state index is 0.0657. The van der Waals surface area contributed by atoms with E-state index >= 15 is 0 Å². The highest BCUT2D eigenvalue weighted by atomic mass is 19.1. The van der Waals surface area contributed by atoms with E-state index < -0.39 is 23.6 Å². The number of nitrogens with one attached hydrogen (secondary N) is 2. The van der Waals surface area contributed by atoms with Crippen LogP contribution in [0.15, 0.2) is 24.7 Å². The molecule has 3 N–H and O–H groups in total. The van der Waals surface area contributed by atoms with E-state index in [1.54, 1.807) is 6.20 Å². The van der Waals surface area contributed by atoms with Gasteiger partial charge in [0.1, 0.15) is 11.5 Å². The van der Waals surface area contributed by atoms with Crippen LogP contribution in [-0.4, -0.2) is 37.1 Å². The fourth-order valence-corrected chi connectivity index (χ4v) is 3.35. The van der Waals surface area contributed by atoms with Crippen LogP contribution in [0.1, 0.15) is 19.8 Å². The van der Waals surface area contributed by atoms with Gasteiger partial charge in [0.15, 0.2) is 17.5 Å². The van der Waals surface area contributed by atoms with Gasteiger partial charge in [-0.15, -0.1) is 0 Å². The molecule has 1 aliphatic carbocycles. The van der Waals surface area contributed by atoms with E-state index in [0.717, 1.165) is 18.8 Å². The van der Waals surface area contributed by atoms with Crippen molar-refractivity contribution in [2.45, 2.75) is 25.8 Å². The van der Waals surface area contributed by atoms with Crippen molar-refractivity contribution >= 4 is 22.8 Å². The Morgan fingerprint density at radius 2 is 2.19 bits per heavy atom. The first-order chi connectivity index (χ1) is 12.9. The number of anilines is 1. The summed E-state index contributed by atoms with van der Waals surface area (Å²) < 4.78 is 27.8. The first kappa shape index (κ1) is 17.3. The highest BCUT2D eigenvalue weighted by molar-refractivity contribution is 5.91. The van der Waals surface area contributed by atoms with Gasteiger partial charge >= 0.3 is 5.97 Å². The third-order valence-electron chi connectivity index (χ3n) is 4.89. The van der Waals surface area contributed by atoms with Crippen molar-refractivity contribution in [1.29, 1.82) is 0 Å². The van der Waals surface area contributed by atoms with Crippen molar-refractivity contribution in [3.05, 3.63) is 36.3 Å². The first-order valence-corrected chi connectivity index (χ1v) is 8.56. The molecular formula is C18H17F2N5O2. The van der Waals surface area contributed by atoms with Crippen molar-refractivity contribution in [1.82, 2.24) is 19.9 Å². The van der Waals surface area contributed by atoms with Crippen LogP contribution in [0.4, 0.5) is 14.6 Å². The maximum absolute atomic E-state index is 14.3. The molecule has 0 spiro atoms. The second-order valence-corrected chi connectivity index (χ2v) is 6.87. The lowest BCUT2D eigenvalue weighted by Crippen LogP contribution is -2.27. The van der Waals surface area contributed by atoms with Crippen molar-refractivity contribution in [3.63, 3.8) is 0 Å². The predicted octanol–water partition coefficient (Wildman–Crippen LogP) is 3.21. The number of carboxylic acid groups (broad SMARTS) is 1. The van der Waals surface area contributed by atoms with Gasteiger partial charge < -0.3 is 15.4 Å². The number of carbonyl (C=O) groups is 1. The zero-order valence-corrected chi connectivity index (χ0v) is 14.4. The number of aromatic amines is 1. The fraction of sp³-hybridized carbons (Fsp3) is 0.333. The lowest BCUT2D eigenvalue weighted by molar-refractivity contribution is -0.137. The molecule has 140 valence electrons. The van der Waals surface area contributed by atoms with E-state index in [1.807, 2.05) is 6.92 Å². The monoisotopic (exact) mass is 373 g/mol. The van der Waals surface area contributed by atoms with Crippen LogP contribution in [0.3, 0.4) is 0 Å². The number of halogens is 2. The highest BCUT2D eigenvalue weighted by Crippen LogP contribution is 2.42. The summed E-state index contributed by atoms with van der Waals surface area (Å²) >= 11 is 0. The Hall–Kier alpha value is -3.10. The van der Waals surface area contributed by atoms with E-state index in [9.17, 15) is 13.6 Å². The lowest BCUT2D eigenvalue weighted by atomic mass is 10.1. The summed E-state index contributed by atoms with van der Waals surface area (Å²) in [6.45, 7) is 2.02. The third-order valence-corrected chi connectivity index (χ3v) is 4.89. The molecule has 0 radical (unpaired) electrons. The van der Waals surface area contributed by atoms with Gasteiger partial charge in [-0.05, 0) is 24.3 Å². The number of fused-ring (bicyclic) bond motifs is 1. The summed E-state index contributed by atoms with van der Waals surface area (Å²) in [5.41, 5.74) is 0.944. The van der Waals surface area contributed by atoms with Gasteiger partial charge in [-0.3, -0.25) is 4.79 Å². The number of aromatic nitrogens is 4. The lowest BCUT2D eigenvalue weighted by Gasteiger charge is -2.18. The molecular weight excluding hydrogens is 356 g/mol. The van der Waals surface area contributed by atoms with Crippen LogP contribution < -0.4 is 5.32 Å². The smallest absolute Gasteiger partial charge is 0.305 e. The Morgan fingerprint density at radius 3 is 2.89 bits per heavy atom. The summed E-state index contributed by atoms with van der Waals surface area (Å²) in [6, 6.07) is 0.879. The molecule has 0 aliphatic heterocycles. The molecule has 3 aromatic rings. The maximum Gasteiger partial charge on any atom is 0.305 e. The number of hydrogen-bond donors (Lipinski definition) is 3. The zero-order chi connectivity index (χ0) is 19.1. The van der Waals surface area contributed by atoms with Gasteiger partial charge in [-0.1, -0.05) is 6.92 Å². The van der Waals surface area contributed by atoms with Crippen molar-refractivity contribution in [2.75, 3.05) is 5.32 Å². The number of pyridine rings is 1. The van der Waals surface area contributed by atoms with Crippen molar-refractivity contribution in [3.8, 4) is 11.4 Å². The zero-order valence-electron chi connectivity index (χ0n) is 14.4. The van der Waals surface area contributed by atoms with Crippen LogP contribution in [-0.2, 0) is 4.79 Å². The standard InChI is InChI=1S/C18H17F2N5O2/c1-8-2-10(8)14(4-15(26)27)24-18-13(20)7-23-17(25-18)12-6-22-16-11(12)3-9(19)5-21-16/h3,5-8,10,14H,2,4H2,1H3,(H,21,22)(H,26,27)(H,23,24,25)/t8?,10?,14-/m1/s1. The molecule has 2 unspecified atom stereocenters. The molecule has 0 amide bonds. The van der Waals surface area contributed by atoms with Gasteiger partial charge in [-0.25, -0.2) is 23.7 Å². The molecule has 3 atom stereocenters. The number of nitrogens with zero attached hydrogens (tertiary/aromatic N) is 3. The normalized spacial score (nSPS) is 19.8. The van der Waals surface area contributed by atoms with E-state index in [2.05, 4.69) is 25.3 Å². The van der Waals surface area contributed by atoms with Gasteiger partial charge in [0, 0.05) is 23.2 Å². The van der Waals surface area contributed by atoms with Gasteiger partial charge in [-0.2, -0.15) is 0 Å². The molecule has 3 heterocycles. The number of aliphatic carboxylic acids is 1. The van der Waals surface area contributed by atoms with Crippen LogP contribution in [0.25, 0.3) is 22.4 Å². The Bertz CT molecular complexity index is 1020. The van der Waals surface area contributed by atoms with Crippen LogP contribution >= 0.6 is 0 Å². The first-order valence-electron chi connectivity index (χ1n) is 8.56. The summed E-state index contributed by atoms with van der Waals surface area (Å²) in [7, 11) is 0. The Kier molecular flexibility index (Phi) is 4.21. The van der Waals surface area contributed by atoms with Crippen LogP contribution in [0.2, 0.25) is 0 Å². The number of carboxylic acids is 1. The average molecular weight is 373 g/mol. The van der Waals surface area contributed by atoms with Crippen molar-refractivity contribution in [2.24, 2.45) is 11.8 Å². The van der Waals surface area contributed by atoms with Crippen LogP contribution in [0, 0.1) is 23.5 Å². The largest absolute Gasteiger partial charge is 0.481 e. The average Bonchev–Trinajstić information content (AvgIpc) is 3.20. The van der Waals surface area contributed by atoms with Gasteiger partial charge in [0.05, 0.1) is 18.8 Å². The predicted molar refractivity (Wildman–Crippen MR) is 94.0 cm³/mol. The summed E-state index contributed by atoms with van der Waals surface area (Å²) in [5.74, 6) is -1.47. The molecule has 1 saturated carbocycles. The van der Waals surface area contributed by atoms with Crippen molar-refractivity contribution < 1.29 is 18.7 Å². The molecule has 1 aliphatic rings. The number of H-pyrrole nitrogens is 1. The number of rotatable bonds is 6. The fourth-order valence-electron chi connectivity index (χ4n) is 3.35.